The number of amides is 1. The fourth-order valence-corrected chi connectivity index (χ4v) is 4.34. The normalized spacial score (nSPS) is 11.9. The minimum Gasteiger partial charge on any atom is -0.324 e. The maximum absolute atomic E-state index is 12.8. The number of carbonyl (C=O) groups excluding carboxylic acids is 2. The molecular weight excluding hydrogens is 430 g/mol. The van der Waals surface area contributed by atoms with E-state index in [0.717, 1.165) is 28.6 Å². The zero-order valence-corrected chi connectivity index (χ0v) is 18.4. The molecule has 3 aromatic carbocycles. The lowest BCUT2D eigenvalue weighted by molar-refractivity contribution is -0.115. The summed E-state index contributed by atoms with van der Waals surface area (Å²) in [5.41, 5.74) is 4.25. The van der Waals surface area contributed by atoms with Crippen LogP contribution in [-0.2, 0) is 16.0 Å². The van der Waals surface area contributed by atoms with Gasteiger partial charge in [0, 0.05) is 12.1 Å². The number of benzene rings is 3. The van der Waals surface area contributed by atoms with E-state index in [-0.39, 0.29) is 5.91 Å². The minimum absolute atomic E-state index is 0.155. The van der Waals surface area contributed by atoms with E-state index in [0.29, 0.717) is 22.3 Å². The van der Waals surface area contributed by atoms with Crippen LogP contribution >= 0.6 is 23.4 Å². The highest BCUT2D eigenvalue weighted by Crippen LogP contribution is 2.31. The molecule has 0 bridgehead atoms. The van der Waals surface area contributed by atoms with Crippen LogP contribution < -0.4 is 5.32 Å². The van der Waals surface area contributed by atoms with Crippen molar-refractivity contribution in [3.05, 3.63) is 83.4 Å². The molecule has 7 heteroatoms. The second kappa shape index (κ2) is 9.37. The molecular formula is C24H20ClN3O2S. The molecule has 1 unspecified atom stereocenters. The molecule has 1 N–H and O–H groups in total. The lowest BCUT2D eigenvalue weighted by Crippen LogP contribution is -2.23. The number of aldehydes is 1. The predicted molar refractivity (Wildman–Crippen MR) is 126 cm³/mol. The molecule has 1 atom stereocenters. The van der Waals surface area contributed by atoms with Gasteiger partial charge >= 0.3 is 0 Å². The van der Waals surface area contributed by atoms with Crippen molar-refractivity contribution in [2.24, 2.45) is 0 Å². The fourth-order valence-electron chi connectivity index (χ4n) is 3.22. The van der Waals surface area contributed by atoms with E-state index >= 15 is 0 Å². The molecule has 156 valence electrons. The Hall–Kier alpha value is -3.09. The molecule has 31 heavy (non-hydrogen) atoms. The third-order valence-corrected chi connectivity index (χ3v) is 6.21. The van der Waals surface area contributed by atoms with Gasteiger partial charge in [-0.3, -0.25) is 9.36 Å². The number of hydrogen-bond acceptors (Lipinski definition) is 4. The van der Waals surface area contributed by atoms with Gasteiger partial charge in [-0.2, -0.15) is 0 Å². The molecule has 0 aliphatic carbocycles. The van der Waals surface area contributed by atoms with Gasteiger partial charge in [-0.1, -0.05) is 59.8 Å². The number of para-hydroxylation sites is 3. The highest BCUT2D eigenvalue weighted by atomic mass is 35.5. The van der Waals surface area contributed by atoms with E-state index in [1.54, 1.807) is 12.1 Å². The summed E-state index contributed by atoms with van der Waals surface area (Å²) >= 11 is 7.55. The molecule has 0 saturated heterocycles. The lowest BCUT2D eigenvalue weighted by Gasteiger charge is -2.14. The monoisotopic (exact) mass is 449 g/mol. The van der Waals surface area contributed by atoms with Crippen molar-refractivity contribution in [3.8, 4) is 5.69 Å². The molecule has 5 nitrogen and oxygen atoms in total. The minimum atomic E-state index is -0.402. The summed E-state index contributed by atoms with van der Waals surface area (Å²) in [6.45, 7) is 1.84. The second-order valence-corrected chi connectivity index (χ2v) is 8.70. The number of imidazole rings is 1. The van der Waals surface area contributed by atoms with Crippen LogP contribution in [0.4, 0.5) is 5.69 Å². The molecule has 1 amide bonds. The van der Waals surface area contributed by atoms with Gasteiger partial charge in [0.25, 0.3) is 0 Å². The molecule has 0 fully saturated rings. The summed E-state index contributed by atoms with van der Waals surface area (Å²) in [5.74, 6) is -0.155. The first-order valence-corrected chi connectivity index (χ1v) is 11.0. The summed E-state index contributed by atoms with van der Waals surface area (Å²) in [7, 11) is 0. The number of anilines is 1. The van der Waals surface area contributed by atoms with E-state index in [4.69, 9.17) is 16.6 Å². The Morgan fingerprint density at radius 2 is 1.81 bits per heavy atom. The van der Waals surface area contributed by atoms with Crippen LogP contribution in [0.5, 0.6) is 0 Å². The van der Waals surface area contributed by atoms with Gasteiger partial charge < -0.3 is 10.1 Å². The fraction of sp³-hybridized carbons (Fsp3) is 0.125. The number of rotatable bonds is 7. The number of fused-ring (bicyclic) bond motifs is 1. The Labute approximate surface area is 189 Å². The summed E-state index contributed by atoms with van der Waals surface area (Å²) < 4.78 is 2.03. The van der Waals surface area contributed by atoms with E-state index < -0.39 is 5.25 Å². The number of halogens is 1. The molecule has 4 rings (SSSR count). The number of carbonyl (C=O) groups is 2. The van der Waals surface area contributed by atoms with Crippen LogP contribution in [0.25, 0.3) is 16.7 Å². The molecule has 0 spiro atoms. The largest absolute Gasteiger partial charge is 0.324 e. The highest BCUT2D eigenvalue weighted by Gasteiger charge is 2.21. The number of hydrogen-bond donors (Lipinski definition) is 1. The van der Waals surface area contributed by atoms with Crippen molar-refractivity contribution in [3.63, 3.8) is 0 Å². The highest BCUT2D eigenvalue weighted by molar-refractivity contribution is 8.00. The van der Waals surface area contributed by atoms with Gasteiger partial charge in [0.15, 0.2) is 5.16 Å². The molecule has 1 heterocycles. The molecule has 0 radical (unpaired) electrons. The zero-order chi connectivity index (χ0) is 21.8. The average Bonchev–Trinajstić information content (AvgIpc) is 3.14. The maximum atomic E-state index is 12.8. The summed E-state index contributed by atoms with van der Waals surface area (Å²) in [5, 5.41) is 3.69. The van der Waals surface area contributed by atoms with Gasteiger partial charge in [0.2, 0.25) is 5.91 Å². The maximum Gasteiger partial charge on any atom is 0.237 e. The van der Waals surface area contributed by atoms with E-state index in [2.05, 4.69) is 5.32 Å². The SMILES string of the molecule is CC(Sc1nc2ccccc2n1-c1ccc(CC=O)cc1)C(=O)Nc1ccccc1Cl. The van der Waals surface area contributed by atoms with E-state index in [1.165, 1.54) is 11.8 Å². The van der Waals surface area contributed by atoms with E-state index in [9.17, 15) is 9.59 Å². The van der Waals surface area contributed by atoms with Crippen LogP contribution in [0.2, 0.25) is 5.02 Å². The quantitative estimate of drug-likeness (QED) is 0.297. The van der Waals surface area contributed by atoms with Gasteiger partial charge in [-0.15, -0.1) is 0 Å². The Bertz CT molecular complexity index is 1240. The van der Waals surface area contributed by atoms with Crippen molar-refractivity contribution in [2.75, 3.05) is 5.32 Å². The number of aromatic nitrogens is 2. The molecule has 0 aliphatic heterocycles. The van der Waals surface area contributed by atoms with Crippen LogP contribution in [0.15, 0.2) is 78.0 Å². The van der Waals surface area contributed by atoms with Crippen LogP contribution in [0.3, 0.4) is 0 Å². The Morgan fingerprint density at radius 1 is 1.10 bits per heavy atom. The van der Waals surface area contributed by atoms with Gasteiger partial charge in [0.1, 0.15) is 6.29 Å². The van der Waals surface area contributed by atoms with Gasteiger partial charge in [-0.05, 0) is 48.9 Å². The van der Waals surface area contributed by atoms with E-state index in [1.807, 2.05) is 72.2 Å². The van der Waals surface area contributed by atoms with Crippen molar-refractivity contribution >= 4 is 52.3 Å². The molecule has 0 aliphatic rings. The summed E-state index contributed by atoms with van der Waals surface area (Å²) in [6, 6.07) is 22.8. The lowest BCUT2D eigenvalue weighted by atomic mass is 10.1. The van der Waals surface area contributed by atoms with Crippen LogP contribution in [0, 0.1) is 0 Å². The number of nitrogens with one attached hydrogen (secondary N) is 1. The van der Waals surface area contributed by atoms with Crippen molar-refractivity contribution in [1.82, 2.24) is 9.55 Å². The van der Waals surface area contributed by atoms with Gasteiger partial charge in [0.05, 0.1) is 27.0 Å². The molecule has 1 aromatic heterocycles. The third kappa shape index (κ3) is 4.65. The second-order valence-electron chi connectivity index (χ2n) is 6.98. The molecule has 0 saturated carbocycles. The standard InChI is InChI=1S/C24H20ClN3O2S/c1-16(23(30)26-20-7-3-2-6-19(20)25)31-24-27-21-8-4-5-9-22(21)28(24)18-12-10-17(11-13-18)14-15-29/h2-13,15-16H,14H2,1H3,(H,26,30). The first kappa shape index (κ1) is 21.2. The first-order valence-electron chi connectivity index (χ1n) is 9.79. The topological polar surface area (TPSA) is 64.0 Å². The Balaban J connectivity index is 1.64. The van der Waals surface area contributed by atoms with Gasteiger partial charge in [-0.25, -0.2) is 4.98 Å². The Morgan fingerprint density at radius 3 is 2.55 bits per heavy atom. The number of thioether (sulfide) groups is 1. The number of nitrogens with zero attached hydrogens (tertiary/aromatic N) is 2. The van der Waals surface area contributed by atoms with Crippen molar-refractivity contribution in [2.45, 2.75) is 23.8 Å². The Kier molecular flexibility index (Phi) is 6.39. The summed E-state index contributed by atoms with van der Waals surface area (Å²) in [6.07, 6.45) is 1.27. The smallest absolute Gasteiger partial charge is 0.237 e. The molecule has 4 aromatic rings. The average molecular weight is 450 g/mol. The van der Waals surface area contributed by atoms with Crippen LogP contribution in [-0.4, -0.2) is 27.0 Å². The first-order chi connectivity index (χ1) is 15.1. The van der Waals surface area contributed by atoms with Crippen molar-refractivity contribution < 1.29 is 9.59 Å². The predicted octanol–water partition coefficient (Wildman–Crippen LogP) is 5.54. The third-order valence-electron chi connectivity index (χ3n) is 4.83. The zero-order valence-electron chi connectivity index (χ0n) is 16.8. The van der Waals surface area contributed by atoms with Crippen LogP contribution in [0.1, 0.15) is 12.5 Å². The summed E-state index contributed by atoms with van der Waals surface area (Å²) in [4.78, 5) is 28.3. The van der Waals surface area contributed by atoms with Crippen molar-refractivity contribution in [1.29, 1.82) is 0 Å².